The van der Waals surface area contributed by atoms with Crippen molar-refractivity contribution in [3.63, 3.8) is 0 Å². The van der Waals surface area contributed by atoms with Gasteiger partial charge in [0.25, 0.3) is 0 Å². The lowest BCUT2D eigenvalue weighted by atomic mass is 10.0. The molecular weight excluding hydrogens is 269 g/mol. The number of aryl methyl sites for hydroxylation is 1. The van der Waals surface area contributed by atoms with Gasteiger partial charge in [0.1, 0.15) is 10.7 Å². The summed E-state index contributed by atoms with van der Waals surface area (Å²) in [6.07, 6.45) is 1.50. The minimum absolute atomic E-state index is 0.0394. The topological polar surface area (TPSA) is 57.6 Å². The van der Waals surface area contributed by atoms with Crippen LogP contribution in [0.3, 0.4) is 0 Å². The summed E-state index contributed by atoms with van der Waals surface area (Å²) < 4.78 is 39.9. The molecule has 106 valence electrons. The molecule has 6 heteroatoms. The Morgan fingerprint density at radius 1 is 1.47 bits per heavy atom. The van der Waals surface area contributed by atoms with Gasteiger partial charge in [-0.1, -0.05) is 6.07 Å². The van der Waals surface area contributed by atoms with Gasteiger partial charge in [-0.05, 0) is 43.4 Å². The Labute approximate surface area is 112 Å². The third-order valence-corrected chi connectivity index (χ3v) is 5.32. The Morgan fingerprint density at radius 2 is 2.21 bits per heavy atom. The zero-order valence-electron chi connectivity index (χ0n) is 10.8. The minimum Gasteiger partial charge on any atom is -0.396 e. The van der Waals surface area contributed by atoms with Crippen molar-refractivity contribution in [1.29, 1.82) is 0 Å². The van der Waals surface area contributed by atoms with E-state index in [1.165, 1.54) is 16.4 Å². The van der Waals surface area contributed by atoms with Crippen molar-refractivity contribution in [3.05, 3.63) is 29.6 Å². The molecule has 1 aromatic rings. The molecule has 19 heavy (non-hydrogen) atoms. The van der Waals surface area contributed by atoms with Crippen LogP contribution in [0.1, 0.15) is 18.4 Å². The minimum atomic E-state index is -3.81. The Balaban J connectivity index is 2.34. The zero-order valence-corrected chi connectivity index (χ0v) is 11.7. The number of nitrogens with zero attached hydrogens (tertiary/aromatic N) is 1. The van der Waals surface area contributed by atoms with Gasteiger partial charge in [0.15, 0.2) is 0 Å². The lowest BCUT2D eigenvalue weighted by Crippen LogP contribution is -2.41. The number of aliphatic hydroxyl groups is 1. The van der Waals surface area contributed by atoms with Gasteiger partial charge in [-0.3, -0.25) is 0 Å². The largest absolute Gasteiger partial charge is 0.396 e. The number of halogens is 1. The van der Waals surface area contributed by atoms with Gasteiger partial charge in [0.05, 0.1) is 0 Å². The molecule has 1 heterocycles. The van der Waals surface area contributed by atoms with Crippen LogP contribution in [0.15, 0.2) is 23.1 Å². The molecule has 4 nitrogen and oxygen atoms in total. The summed E-state index contributed by atoms with van der Waals surface area (Å²) in [4.78, 5) is -0.272. The van der Waals surface area contributed by atoms with Crippen molar-refractivity contribution in [3.8, 4) is 0 Å². The molecule has 1 aliphatic rings. The van der Waals surface area contributed by atoms with Crippen LogP contribution in [0.2, 0.25) is 0 Å². The van der Waals surface area contributed by atoms with E-state index in [9.17, 15) is 12.8 Å². The molecular formula is C13H18FNO3S. The molecule has 1 fully saturated rings. The van der Waals surface area contributed by atoms with Gasteiger partial charge in [-0.2, -0.15) is 4.31 Å². The first-order valence-corrected chi connectivity index (χ1v) is 7.76. The van der Waals surface area contributed by atoms with Gasteiger partial charge < -0.3 is 5.11 Å². The molecule has 1 N–H and O–H groups in total. The first-order chi connectivity index (χ1) is 8.95. The first kappa shape index (κ1) is 14.4. The molecule has 1 atom stereocenters. The van der Waals surface area contributed by atoms with E-state index in [2.05, 4.69) is 0 Å². The second-order valence-corrected chi connectivity index (χ2v) is 6.89. The lowest BCUT2D eigenvalue weighted by Gasteiger charge is -2.31. The average molecular weight is 287 g/mol. The monoisotopic (exact) mass is 287 g/mol. The molecule has 0 saturated carbocycles. The molecule has 0 aromatic heterocycles. The third-order valence-electron chi connectivity index (χ3n) is 3.44. The van der Waals surface area contributed by atoms with E-state index in [0.717, 1.165) is 6.42 Å². The van der Waals surface area contributed by atoms with Crippen LogP contribution in [0.25, 0.3) is 0 Å². The summed E-state index contributed by atoms with van der Waals surface area (Å²) in [6, 6.07) is 4.07. The normalized spacial score (nSPS) is 21.5. The number of hydrogen-bond donors (Lipinski definition) is 1. The van der Waals surface area contributed by atoms with Crippen LogP contribution in [0, 0.1) is 18.7 Å². The Morgan fingerprint density at radius 3 is 2.89 bits per heavy atom. The molecule has 0 radical (unpaired) electrons. The van der Waals surface area contributed by atoms with E-state index in [4.69, 9.17) is 5.11 Å². The van der Waals surface area contributed by atoms with Crippen LogP contribution in [0.5, 0.6) is 0 Å². The van der Waals surface area contributed by atoms with Gasteiger partial charge in [-0.15, -0.1) is 0 Å². The van der Waals surface area contributed by atoms with E-state index in [1.807, 2.05) is 0 Å². The third kappa shape index (κ3) is 2.96. The quantitative estimate of drug-likeness (QED) is 0.917. The van der Waals surface area contributed by atoms with Crippen molar-refractivity contribution < 1.29 is 17.9 Å². The summed E-state index contributed by atoms with van der Waals surface area (Å²) in [5, 5.41) is 9.15. The summed E-state index contributed by atoms with van der Waals surface area (Å²) in [5.41, 5.74) is 0.704. The van der Waals surface area contributed by atoms with Crippen molar-refractivity contribution in [2.24, 2.45) is 5.92 Å². The molecule has 1 aliphatic heterocycles. The van der Waals surface area contributed by atoms with Crippen LogP contribution in [-0.2, 0) is 10.0 Å². The average Bonchev–Trinajstić information content (AvgIpc) is 2.41. The fourth-order valence-corrected chi connectivity index (χ4v) is 4.05. The van der Waals surface area contributed by atoms with Crippen LogP contribution >= 0.6 is 0 Å². The van der Waals surface area contributed by atoms with Gasteiger partial charge in [0.2, 0.25) is 10.0 Å². The second-order valence-electron chi connectivity index (χ2n) is 4.99. The Hall–Kier alpha value is -0.980. The number of sulfonamides is 1. The molecule has 1 aromatic carbocycles. The van der Waals surface area contributed by atoms with E-state index in [-0.39, 0.29) is 24.0 Å². The molecule has 1 unspecified atom stereocenters. The van der Waals surface area contributed by atoms with E-state index in [0.29, 0.717) is 18.5 Å². The molecule has 0 spiro atoms. The lowest BCUT2D eigenvalue weighted by molar-refractivity contribution is 0.165. The first-order valence-electron chi connectivity index (χ1n) is 6.32. The zero-order chi connectivity index (χ0) is 14.0. The standard InChI is InChI=1S/C13H18FNO3S/c1-10-4-5-12(14)13(7-10)19(17,18)15-6-2-3-11(8-15)9-16/h4-5,7,11,16H,2-3,6,8-9H2,1H3. The molecule has 0 bridgehead atoms. The predicted octanol–water partition coefficient (Wildman–Crippen LogP) is 1.53. The van der Waals surface area contributed by atoms with Crippen LogP contribution in [-0.4, -0.2) is 37.5 Å². The summed E-state index contributed by atoms with van der Waals surface area (Å²) in [7, 11) is -3.81. The molecule has 2 rings (SSSR count). The van der Waals surface area contributed by atoms with Crippen molar-refractivity contribution in [2.75, 3.05) is 19.7 Å². The summed E-state index contributed by atoms with van der Waals surface area (Å²) in [5.74, 6) is -0.784. The number of benzene rings is 1. The van der Waals surface area contributed by atoms with Crippen LogP contribution < -0.4 is 0 Å². The second kappa shape index (κ2) is 5.56. The highest BCUT2D eigenvalue weighted by Crippen LogP contribution is 2.25. The van der Waals surface area contributed by atoms with Crippen molar-refractivity contribution in [1.82, 2.24) is 4.31 Å². The van der Waals surface area contributed by atoms with E-state index >= 15 is 0 Å². The van der Waals surface area contributed by atoms with Gasteiger partial charge in [-0.25, -0.2) is 12.8 Å². The number of piperidine rings is 1. The maximum absolute atomic E-state index is 13.7. The van der Waals surface area contributed by atoms with E-state index < -0.39 is 15.8 Å². The summed E-state index contributed by atoms with van der Waals surface area (Å²) in [6.45, 7) is 2.33. The van der Waals surface area contributed by atoms with Crippen LogP contribution in [0.4, 0.5) is 4.39 Å². The molecule has 0 amide bonds. The number of aliphatic hydroxyl groups excluding tert-OH is 1. The summed E-state index contributed by atoms with van der Waals surface area (Å²) >= 11 is 0. The highest BCUT2D eigenvalue weighted by atomic mass is 32.2. The maximum atomic E-state index is 13.7. The van der Waals surface area contributed by atoms with Crippen molar-refractivity contribution >= 4 is 10.0 Å². The highest BCUT2D eigenvalue weighted by Gasteiger charge is 2.31. The Kier molecular flexibility index (Phi) is 4.23. The smallest absolute Gasteiger partial charge is 0.246 e. The van der Waals surface area contributed by atoms with Crippen molar-refractivity contribution in [2.45, 2.75) is 24.7 Å². The molecule has 1 saturated heterocycles. The number of rotatable bonds is 3. The van der Waals surface area contributed by atoms with E-state index in [1.54, 1.807) is 13.0 Å². The predicted molar refractivity (Wildman–Crippen MR) is 69.7 cm³/mol. The number of hydrogen-bond acceptors (Lipinski definition) is 3. The highest BCUT2D eigenvalue weighted by molar-refractivity contribution is 7.89. The Bertz CT molecular complexity index is 559. The van der Waals surface area contributed by atoms with Gasteiger partial charge in [0, 0.05) is 19.7 Å². The SMILES string of the molecule is Cc1ccc(F)c(S(=O)(=O)N2CCCC(CO)C2)c1. The van der Waals surface area contributed by atoms with Gasteiger partial charge >= 0.3 is 0 Å². The molecule has 0 aliphatic carbocycles. The fraction of sp³-hybridized carbons (Fsp3) is 0.538. The fourth-order valence-electron chi connectivity index (χ4n) is 2.34. The maximum Gasteiger partial charge on any atom is 0.246 e.